The predicted octanol–water partition coefficient (Wildman–Crippen LogP) is 4.52. The van der Waals surface area contributed by atoms with E-state index in [1.165, 1.54) is 23.9 Å². The molecule has 2 aromatic carbocycles. The first kappa shape index (κ1) is 19.2. The maximum Gasteiger partial charge on any atom is 0.358 e. The standard InChI is InChI=1S/C20H18N2O3S2/c1-14-8-6-7-11-17(14)18(13-21)20-19(12-15(2)26-20)22-25-27(23,24)16-9-4-3-5-10-16/h3-11,15H,12H2,1-2H3. The van der Waals surface area contributed by atoms with E-state index in [1.807, 2.05) is 38.1 Å². The Morgan fingerprint density at radius 1 is 1.19 bits per heavy atom. The van der Waals surface area contributed by atoms with E-state index < -0.39 is 10.1 Å². The van der Waals surface area contributed by atoms with Crippen LogP contribution in [0.1, 0.15) is 24.5 Å². The van der Waals surface area contributed by atoms with Crippen molar-refractivity contribution < 1.29 is 12.7 Å². The summed E-state index contributed by atoms with van der Waals surface area (Å²) in [5.41, 5.74) is 2.75. The molecule has 1 unspecified atom stereocenters. The zero-order chi connectivity index (χ0) is 19.4. The molecule has 138 valence electrons. The number of nitrogens with zero attached hydrogens (tertiary/aromatic N) is 2. The first-order valence-corrected chi connectivity index (χ1v) is 10.6. The van der Waals surface area contributed by atoms with E-state index in [1.54, 1.807) is 18.2 Å². The number of hydrogen-bond acceptors (Lipinski definition) is 6. The Bertz CT molecular complexity index is 1050. The van der Waals surface area contributed by atoms with E-state index in [0.29, 0.717) is 22.6 Å². The van der Waals surface area contributed by atoms with Crippen molar-refractivity contribution in [2.45, 2.75) is 30.4 Å². The maximum absolute atomic E-state index is 12.3. The van der Waals surface area contributed by atoms with Crippen molar-refractivity contribution in [2.24, 2.45) is 5.16 Å². The molecule has 0 saturated carbocycles. The number of oxime groups is 1. The van der Waals surface area contributed by atoms with Gasteiger partial charge in [0.15, 0.2) is 0 Å². The highest BCUT2D eigenvalue weighted by atomic mass is 32.2. The van der Waals surface area contributed by atoms with Gasteiger partial charge in [-0.05, 0) is 30.2 Å². The van der Waals surface area contributed by atoms with Crippen molar-refractivity contribution >= 4 is 33.2 Å². The lowest BCUT2D eigenvalue weighted by atomic mass is 9.99. The van der Waals surface area contributed by atoms with Gasteiger partial charge in [-0.2, -0.15) is 13.7 Å². The van der Waals surface area contributed by atoms with Crippen LogP contribution in [-0.2, 0) is 14.4 Å². The van der Waals surface area contributed by atoms with Crippen LogP contribution in [0.2, 0.25) is 0 Å². The van der Waals surface area contributed by atoms with Crippen LogP contribution in [0.15, 0.2) is 69.6 Å². The Labute approximate surface area is 163 Å². The first-order valence-electron chi connectivity index (χ1n) is 8.35. The molecule has 0 aromatic heterocycles. The summed E-state index contributed by atoms with van der Waals surface area (Å²) in [5, 5.41) is 13.8. The van der Waals surface area contributed by atoms with Crippen LogP contribution >= 0.6 is 11.8 Å². The highest BCUT2D eigenvalue weighted by molar-refractivity contribution is 8.05. The van der Waals surface area contributed by atoms with Gasteiger partial charge in [-0.3, -0.25) is 4.28 Å². The van der Waals surface area contributed by atoms with Gasteiger partial charge < -0.3 is 0 Å². The lowest BCUT2D eigenvalue weighted by molar-refractivity contribution is 0.338. The van der Waals surface area contributed by atoms with E-state index in [4.69, 9.17) is 4.28 Å². The van der Waals surface area contributed by atoms with Crippen molar-refractivity contribution in [3.8, 4) is 6.07 Å². The average Bonchev–Trinajstić information content (AvgIpc) is 3.03. The second kappa shape index (κ2) is 7.99. The van der Waals surface area contributed by atoms with Gasteiger partial charge in [0.25, 0.3) is 0 Å². The molecule has 1 aliphatic heterocycles. The molecule has 7 heteroatoms. The summed E-state index contributed by atoms with van der Waals surface area (Å²) in [7, 11) is -4.00. The number of rotatable bonds is 4. The van der Waals surface area contributed by atoms with Crippen LogP contribution in [0.5, 0.6) is 0 Å². The molecular formula is C20H18N2O3S2. The molecule has 27 heavy (non-hydrogen) atoms. The van der Waals surface area contributed by atoms with Gasteiger partial charge in [-0.15, -0.1) is 11.8 Å². The summed E-state index contributed by atoms with van der Waals surface area (Å²) in [6.45, 7) is 3.94. The molecule has 2 aromatic rings. The molecule has 0 N–H and O–H groups in total. The van der Waals surface area contributed by atoms with Crippen molar-refractivity contribution in [1.29, 1.82) is 5.26 Å². The van der Waals surface area contributed by atoms with Gasteiger partial charge in [0.05, 0.1) is 16.2 Å². The van der Waals surface area contributed by atoms with E-state index in [0.717, 1.165) is 11.1 Å². The van der Waals surface area contributed by atoms with Gasteiger partial charge in [-0.1, -0.05) is 54.5 Å². The summed E-state index contributed by atoms with van der Waals surface area (Å²) in [6, 6.07) is 17.7. The van der Waals surface area contributed by atoms with E-state index in [9.17, 15) is 13.7 Å². The van der Waals surface area contributed by atoms with Crippen molar-refractivity contribution in [3.63, 3.8) is 0 Å². The normalized spacial score (nSPS) is 20.3. The lowest BCUT2D eigenvalue weighted by Gasteiger charge is -2.08. The van der Waals surface area contributed by atoms with Crippen LogP contribution in [0.4, 0.5) is 0 Å². The van der Waals surface area contributed by atoms with Gasteiger partial charge in [0, 0.05) is 11.7 Å². The largest absolute Gasteiger partial charge is 0.358 e. The maximum atomic E-state index is 12.3. The van der Waals surface area contributed by atoms with Crippen LogP contribution in [0.25, 0.3) is 5.57 Å². The molecule has 3 rings (SSSR count). The molecule has 1 atom stereocenters. The van der Waals surface area contributed by atoms with E-state index >= 15 is 0 Å². The Hall–Kier alpha value is -2.56. The number of nitriles is 1. The molecule has 1 fully saturated rings. The molecule has 0 bridgehead atoms. The zero-order valence-corrected chi connectivity index (χ0v) is 16.5. The van der Waals surface area contributed by atoms with Gasteiger partial charge in [0.2, 0.25) is 0 Å². The number of thioether (sulfide) groups is 1. The number of benzene rings is 2. The monoisotopic (exact) mass is 398 g/mol. The number of allylic oxidation sites excluding steroid dienone is 2. The minimum absolute atomic E-state index is 0.0398. The average molecular weight is 399 g/mol. The third-order valence-electron chi connectivity index (χ3n) is 4.09. The smallest absolute Gasteiger partial charge is 0.264 e. The summed E-state index contributed by atoms with van der Waals surface area (Å²) < 4.78 is 29.6. The fraction of sp³-hybridized carbons (Fsp3) is 0.200. The molecule has 1 aliphatic rings. The van der Waals surface area contributed by atoms with E-state index in [2.05, 4.69) is 11.2 Å². The predicted molar refractivity (Wildman–Crippen MR) is 108 cm³/mol. The molecule has 0 spiro atoms. The molecule has 0 aliphatic carbocycles. The second-order valence-corrected chi connectivity index (χ2v) is 9.12. The lowest BCUT2D eigenvalue weighted by Crippen LogP contribution is -2.06. The SMILES string of the molecule is Cc1ccccc1C(C#N)=C1SC(C)CC1=NOS(=O)(=O)c1ccccc1. The highest BCUT2D eigenvalue weighted by Gasteiger charge is 2.29. The molecule has 1 heterocycles. The number of hydrogen-bond donors (Lipinski definition) is 0. The summed E-state index contributed by atoms with van der Waals surface area (Å²) in [6.07, 6.45) is 0.529. The molecular weight excluding hydrogens is 380 g/mol. The van der Waals surface area contributed by atoms with Crippen molar-refractivity contribution in [1.82, 2.24) is 0 Å². The Kier molecular flexibility index (Phi) is 5.68. The fourth-order valence-corrected chi connectivity index (χ4v) is 4.71. The van der Waals surface area contributed by atoms with Crippen LogP contribution in [0.3, 0.4) is 0 Å². The Balaban J connectivity index is 2.00. The molecule has 0 amide bonds. The number of aryl methyl sites for hydroxylation is 1. The highest BCUT2D eigenvalue weighted by Crippen LogP contribution is 2.40. The van der Waals surface area contributed by atoms with Crippen molar-refractivity contribution in [2.75, 3.05) is 0 Å². The van der Waals surface area contributed by atoms with Crippen LogP contribution in [0, 0.1) is 18.3 Å². The molecule has 0 radical (unpaired) electrons. The Morgan fingerprint density at radius 2 is 1.85 bits per heavy atom. The van der Waals surface area contributed by atoms with Crippen molar-refractivity contribution in [3.05, 3.63) is 70.6 Å². The minimum atomic E-state index is -4.00. The fourth-order valence-electron chi connectivity index (χ4n) is 2.77. The third kappa shape index (κ3) is 4.24. The van der Waals surface area contributed by atoms with Crippen LogP contribution < -0.4 is 0 Å². The first-order chi connectivity index (χ1) is 12.9. The van der Waals surface area contributed by atoms with Gasteiger partial charge >= 0.3 is 10.1 Å². The van der Waals surface area contributed by atoms with Crippen LogP contribution in [-0.4, -0.2) is 19.4 Å². The second-order valence-electron chi connectivity index (χ2n) is 6.14. The minimum Gasteiger partial charge on any atom is -0.264 e. The summed E-state index contributed by atoms with van der Waals surface area (Å²) >= 11 is 1.51. The van der Waals surface area contributed by atoms with Gasteiger partial charge in [-0.25, -0.2) is 0 Å². The van der Waals surface area contributed by atoms with E-state index in [-0.39, 0.29) is 10.1 Å². The third-order valence-corrected chi connectivity index (χ3v) is 6.46. The quantitative estimate of drug-likeness (QED) is 0.559. The molecule has 5 nitrogen and oxygen atoms in total. The zero-order valence-electron chi connectivity index (χ0n) is 14.9. The Morgan fingerprint density at radius 3 is 2.52 bits per heavy atom. The van der Waals surface area contributed by atoms with Gasteiger partial charge in [0.1, 0.15) is 11.0 Å². The summed E-state index contributed by atoms with van der Waals surface area (Å²) in [4.78, 5) is 0.709. The summed E-state index contributed by atoms with van der Waals surface area (Å²) in [5.74, 6) is 0. The topological polar surface area (TPSA) is 79.5 Å². The molecule has 1 saturated heterocycles.